The number of hydrogen-bond donors (Lipinski definition) is 1. The van der Waals surface area contributed by atoms with Gasteiger partial charge in [0.05, 0.1) is 6.10 Å². The second kappa shape index (κ2) is 7.26. The predicted molar refractivity (Wildman–Crippen MR) is 69.9 cm³/mol. The van der Waals surface area contributed by atoms with Crippen LogP contribution in [-0.2, 0) is 28.5 Å². The second-order valence-corrected chi connectivity index (χ2v) is 4.90. The van der Waals surface area contributed by atoms with Crippen LogP contribution >= 0.6 is 0 Å². The van der Waals surface area contributed by atoms with Gasteiger partial charge < -0.3 is 24.7 Å². The Morgan fingerprint density at radius 2 is 1.62 bits per heavy atom. The lowest BCUT2D eigenvalue weighted by Crippen LogP contribution is -2.57. The molecule has 0 aliphatic carbocycles. The molecular weight excluding hydrogens is 282 g/mol. The van der Waals surface area contributed by atoms with E-state index in [2.05, 4.69) is 0 Å². The van der Waals surface area contributed by atoms with E-state index in [0.717, 1.165) is 0 Å². The summed E-state index contributed by atoms with van der Waals surface area (Å²) >= 11 is 0. The average Bonchev–Trinajstić information content (AvgIpc) is 2.35. The standard InChI is InChI=1S/C13H21NO7/c1-5-9-6(2)10(21-13(14)17)11(18-7(3)15)12(20-9)19-8(4)16/h6,9-12H,5H2,1-4H3,(H2,14,17)/t6-,9-,10+,11+,12+/m1/s1. The number of nitrogens with two attached hydrogens (primary N) is 1. The molecule has 0 aromatic rings. The molecule has 0 radical (unpaired) electrons. The van der Waals surface area contributed by atoms with Gasteiger partial charge in [-0.15, -0.1) is 0 Å². The van der Waals surface area contributed by atoms with Crippen molar-refractivity contribution >= 4 is 18.0 Å². The van der Waals surface area contributed by atoms with E-state index in [0.29, 0.717) is 6.42 Å². The van der Waals surface area contributed by atoms with Crippen molar-refractivity contribution < 1.29 is 33.3 Å². The fourth-order valence-corrected chi connectivity index (χ4v) is 2.39. The second-order valence-electron chi connectivity index (χ2n) is 4.90. The Hall–Kier alpha value is -1.83. The molecule has 120 valence electrons. The average molecular weight is 303 g/mol. The van der Waals surface area contributed by atoms with E-state index in [4.69, 9.17) is 24.7 Å². The molecule has 0 aromatic carbocycles. The number of esters is 2. The zero-order valence-electron chi connectivity index (χ0n) is 12.5. The quantitative estimate of drug-likeness (QED) is 0.601. The van der Waals surface area contributed by atoms with Gasteiger partial charge in [0.2, 0.25) is 12.4 Å². The van der Waals surface area contributed by atoms with Crippen LogP contribution in [0.4, 0.5) is 4.79 Å². The maximum absolute atomic E-state index is 11.2. The SMILES string of the molecule is CC[C@H]1O[C@H](OC(C)=O)[C@@H](OC(C)=O)[C@@H](OC(N)=O)[C@@H]1C. The predicted octanol–water partition coefficient (Wildman–Crippen LogP) is 0.716. The van der Waals surface area contributed by atoms with Crippen molar-refractivity contribution in [2.75, 3.05) is 0 Å². The van der Waals surface area contributed by atoms with Gasteiger partial charge in [-0.25, -0.2) is 4.79 Å². The van der Waals surface area contributed by atoms with E-state index < -0.39 is 36.5 Å². The van der Waals surface area contributed by atoms with Crippen LogP contribution in [0.25, 0.3) is 0 Å². The molecule has 1 aliphatic heterocycles. The molecule has 21 heavy (non-hydrogen) atoms. The highest BCUT2D eigenvalue weighted by Crippen LogP contribution is 2.32. The first-order valence-corrected chi connectivity index (χ1v) is 6.72. The van der Waals surface area contributed by atoms with Crippen molar-refractivity contribution in [3.05, 3.63) is 0 Å². The van der Waals surface area contributed by atoms with Crippen molar-refractivity contribution in [3.8, 4) is 0 Å². The molecule has 1 rings (SSSR count). The molecule has 8 heteroatoms. The van der Waals surface area contributed by atoms with E-state index in [-0.39, 0.29) is 12.0 Å². The van der Waals surface area contributed by atoms with Crippen LogP contribution in [-0.4, -0.2) is 42.6 Å². The summed E-state index contributed by atoms with van der Waals surface area (Å²) in [5, 5.41) is 0. The zero-order chi connectivity index (χ0) is 16.2. The van der Waals surface area contributed by atoms with Gasteiger partial charge in [0.25, 0.3) is 0 Å². The summed E-state index contributed by atoms with van der Waals surface area (Å²) < 4.78 is 20.8. The zero-order valence-corrected chi connectivity index (χ0v) is 12.5. The number of hydrogen-bond acceptors (Lipinski definition) is 7. The molecule has 0 unspecified atom stereocenters. The van der Waals surface area contributed by atoms with Crippen molar-refractivity contribution in [1.29, 1.82) is 0 Å². The largest absolute Gasteiger partial charge is 0.452 e. The summed E-state index contributed by atoms with van der Waals surface area (Å²) in [4.78, 5) is 33.5. The van der Waals surface area contributed by atoms with Gasteiger partial charge in [0, 0.05) is 19.8 Å². The molecule has 8 nitrogen and oxygen atoms in total. The summed E-state index contributed by atoms with van der Waals surface area (Å²) in [6, 6.07) is 0. The van der Waals surface area contributed by atoms with Gasteiger partial charge >= 0.3 is 18.0 Å². The number of carbonyl (C=O) groups is 3. The molecule has 2 N–H and O–H groups in total. The molecule has 0 saturated carbocycles. The first-order valence-electron chi connectivity index (χ1n) is 6.72. The number of carbonyl (C=O) groups excluding carboxylic acids is 3. The van der Waals surface area contributed by atoms with Crippen LogP contribution in [0.15, 0.2) is 0 Å². The van der Waals surface area contributed by atoms with Crippen LogP contribution in [0.5, 0.6) is 0 Å². The van der Waals surface area contributed by atoms with Crippen LogP contribution < -0.4 is 5.73 Å². The van der Waals surface area contributed by atoms with Crippen molar-refractivity contribution in [3.63, 3.8) is 0 Å². The van der Waals surface area contributed by atoms with Crippen LogP contribution in [0.3, 0.4) is 0 Å². The Bertz CT molecular complexity index is 411. The molecule has 0 bridgehead atoms. The van der Waals surface area contributed by atoms with E-state index in [1.807, 2.05) is 6.92 Å². The third-order valence-corrected chi connectivity index (χ3v) is 3.24. The van der Waals surface area contributed by atoms with Crippen molar-refractivity contribution in [2.24, 2.45) is 11.7 Å². The highest BCUT2D eigenvalue weighted by molar-refractivity contribution is 5.68. The van der Waals surface area contributed by atoms with E-state index in [9.17, 15) is 14.4 Å². The lowest BCUT2D eigenvalue weighted by Gasteiger charge is -2.43. The minimum atomic E-state index is -1.14. The summed E-state index contributed by atoms with van der Waals surface area (Å²) in [5.74, 6) is -1.49. The van der Waals surface area contributed by atoms with E-state index in [1.165, 1.54) is 13.8 Å². The summed E-state index contributed by atoms with van der Waals surface area (Å²) in [5.41, 5.74) is 5.06. The normalized spacial score (nSPS) is 32.1. The number of primary amides is 1. The Balaban J connectivity index is 3.05. The summed E-state index contributed by atoms with van der Waals surface area (Å²) in [6.07, 6.45) is -3.78. The highest BCUT2D eigenvalue weighted by Gasteiger charge is 2.49. The highest BCUT2D eigenvalue weighted by atomic mass is 16.7. The van der Waals surface area contributed by atoms with Gasteiger partial charge in [-0.05, 0) is 6.42 Å². The Morgan fingerprint density at radius 3 is 2.05 bits per heavy atom. The van der Waals surface area contributed by atoms with Gasteiger partial charge in [-0.3, -0.25) is 9.59 Å². The third-order valence-electron chi connectivity index (χ3n) is 3.24. The third kappa shape index (κ3) is 4.59. The first kappa shape index (κ1) is 17.2. The van der Waals surface area contributed by atoms with Crippen LogP contribution in [0.2, 0.25) is 0 Å². The Labute approximate surface area is 122 Å². The van der Waals surface area contributed by atoms with Crippen LogP contribution in [0.1, 0.15) is 34.1 Å². The Morgan fingerprint density at radius 1 is 1.05 bits per heavy atom. The molecule has 1 aliphatic rings. The molecule has 1 amide bonds. The number of rotatable bonds is 4. The molecule has 1 heterocycles. The lowest BCUT2D eigenvalue weighted by molar-refractivity contribution is -0.278. The van der Waals surface area contributed by atoms with Gasteiger partial charge in [0.1, 0.15) is 0 Å². The lowest BCUT2D eigenvalue weighted by atomic mass is 9.89. The van der Waals surface area contributed by atoms with Gasteiger partial charge in [-0.1, -0.05) is 13.8 Å². The molecular formula is C13H21NO7. The molecule has 0 aromatic heterocycles. The Kier molecular flexibility index (Phi) is 5.95. The fraction of sp³-hybridized carbons (Fsp3) is 0.769. The van der Waals surface area contributed by atoms with Crippen molar-refractivity contribution in [2.45, 2.75) is 58.7 Å². The van der Waals surface area contributed by atoms with E-state index >= 15 is 0 Å². The van der Waals surface area contributed by atoms with Gasteiger partial charge in [-0.2, -0.15) is 0 Å². The van der Waals surface area contributed by atoms with E-state index in [1.54, 1.807) is 6.92 Å². The van der Waals surface area contributed by atoms with Gasteiger partial charge in [0.15, 0.2) is 6.10 Å². The minimum Gasteiger partial charge on any atom is -0.452 e. The topological polar surface area (TPSA) is 114 Å². The maximum Gasteiger partial charge on any atom is 0.404 e. The monoisotopic (exact) mass is 303 g/mol. The number of ether oxygens (including phenoxy) is 4. The maximum atomic E-state index is 11.2. The molecule has 1 fully saturated rings. The van der Waals surface area contributed by atoms with Crippen LogP contribution in [0, 0.1) is 5.92 Å². The smallest absolute Gasteiger partial charge is 0.404 e. The number of amides is 1. The fourth-order valence-electron chi connectivity index (χ4n) is 2.39. The summed E-state index contributed by atoms with van der Waals surface area (Å²) in [6.45, 7) is 6.06. The molecule has 1 saturated heterocycles. The first-order chi connectivity index (χ1) is 9.76. The van der Waals surface area contributed by atoms with Crippen molar-refractivity contribution in [1.82, 2.24) is 0 Å². The minimum absolute atomic E-state index is 0.279. The molecule has 5 atom stereocenters. The summed E-state index contributed by atoms with van der Waals surface area (Å²) in [7, 11) is 0. The molecule has 0 spiro atoms.